The van der Waals surface area contributed by atoms with E-state index in [2.05, 4.69) is 0 Å². The van der Waals surface area contributed by atoms with E-state index in [1.165, 1.54) is 0 Å². The number of carbonyl (C=O) groups is 2. The van der Waals surface area contributed by atoms with Crippen LogP contribution in [0.2, 0.25) is 0 Å². The average Bonchev–Trinajstić information content (AvgIpc) is 2.30. The third-order valence-electron chi connectivity index (χ3n) is 2.32. The Hall–Kier alpha value is -0.420. The number of alkyl halides is 1. The molecule has 0 bridgehead atoms. The van der Waals surface area contributed by atoms with Crippen LogP contribution in [0.25, 0.3) is 0 Å². The lowest BCUT2D eigenvalue weighted by Crippen LogP contribution is -2.51. The summed E-state index contributed by atoms with van der Waals surface area (Å²) in [6.45, 7) is 2.71. The van der Waals surface area contributed by atoms with E-state index in [1.54, 1.807) is 23.6 Å². The van der Waals surface area contributed by atoms with Crippen LogP contribution < -0.4 is 0 Å². The van der Waals surface area contributed by atoms with Crippen molar-refractivity contribution in [3.05, 3.63) is 0 Å². The van der Waals surface area contributed by atoms with E-state index >= 15 is 0 Å². The standard InChI is InChI=1S/C10H16ClNO3S/c1-2-15-10(14)8-7-16-6-5-12(8)9(13)3-4-11/h8H,2-7H2,1H3. The predicted molar refractivity (Wildman–Crippen MR) is 64.8 cm³/mol. The van der Waals surface area contributed by atoms with Crippen molar-refractivity contribution in [1.82, 2.24) is 4.90 Å². The number of rotatable bonds is 4. The van der Waals surface area contributed by atoms with Gasteiger partial charge in [0.1, 0.15) is 6.04 Å². The van der Waals surface area contributed by atoms with Crippen molar-refractivity contribution >= 4 is 35.2 Å². The third kappa shape index (κ3) is 3.56. The van der Waals surface area contributed by atoms with Crippen molar-refractivity contribution in [2.45, 2.75) is 19.4 Å². The van der Waals surface area contributed by atoms with Crippen molar-refractivity contribution in [3.63, 3.8) is 0 Å². The number of nitrogens with zero attached hydrogens (tertiary/aromatic N) is 1. The van der Waals surface area contributed by atoms with Gasteiger partial charge >= 0.3 is 5.97 Å². The molecule has 0 aromatic heterocycles. The number of hydrogen-bond donors (Lipinski definition) is 0. The molecule has 1 unspecified atom stereocenters. The number of esters is 1. The summed E-state index contributed by atoms with van der Waals surface area (Å²) in [4.78, 5) is 25.0. The van der Waals surface area contributed by atoms with Gasteiger partial charge in [-0.15, -0.1) is 11.6 Å². The van der Waals surface area contributed by atoms with Crippen molar-refractivity contribution < 1.29 is 14.3 Å². The fraction of sp³-hybridized carbons (Fsp3) is 0.800. The van der Waals surface area contributed by atoms with Gasteiger partial charge in [-0.3, -0.25) is 4.79 Å². The highest BCUT2D eigenvalue weighted by Crippen LogP contribution is 2.18. The van der Waals surface area contributed by atoms with Gasteiger partial charge in [0.15, 0.2) is 0 Å². The first-order valence-corrected chi connectivity index (χ1v) is 6.99. The fourth-order valence-electron chi connectivity index (χ4n) is 1.56. The minimum absolute atomic E-state index is 0.0617. The van der Waals surface area contributed by atoms with Gasteiger partial charge in [0.2, 0.25) is 5.91 Å². The van der Waals surface area contributed by atoms with Crippen LogP contribution in [-0.4, -0.2) is 53.4 Å². The second-order valence-electron chi connectivity index (χ2n) is 3.37. The smallest absolute Gasteiger partial charge is 0.329 e. The van der Waals surface area contributed by atoms with Crippen molar-refractivity contribution in [2.24, 2.45) is 0 Å². The molecule has 1 fully saturated rings. The molecular weight excluding hydrogens is 250 g/mol. The summed E-state index contributed by atoms with van der Waals surface area (Å²) in [5, 5.41) is 0. The molecule has 0 radical (unpaired) electrons. The first kappa shape index (κ1) is 13.6. The highest BCUT2D eigenvalue weighted by atomic mass is 35.5. The number of thioether (sulfide) groups is 1. The Morgan fingerprint density at radius 1 is 1.56 bits per heavy atom. The summed E-state index contributed by atoms with van der Waals surface area (Å²) in [5.74, 6) is 1.40. The molecule has 16 heavy (non-hydrogen) atoms. The van der Waals surface area contributed by atoms with E-state index in [1.807, 2.05) is 0 Å². The Morgan fingerprint density at radius 3 is 2.94 bits per heavy atom. The van der Waals surface area contributed by atoms with E-state index in [0.29, 0.717) is 18.9 Å². The first-order valence-electron chi connectivity index (χ1n) is 5.30. The molecule has 0 saturated carbocycles. The van der Waals surface area contributed by atoms with Gasteiger partial charge in [-0.2, -0.15) is 11.8 Å². The molecular formula is C10H16ClNO3S. The van der Waals surface area contributed by atoms with E-state index in [9.17, 15) is 9.59 Å². The molecule has 1 aliphatic heterocycles. The normalized spacial score (nSPS) is 20.6. The van der Waals surface area contributed by atoms with E-state index < -0.39 is 6.04 Å². The zero-order valence-corrected chi connectivity index (χ0v) is 10.9. The van der Waals surface area contributed by atoms with Crippen molar-refractivity contribution in [2.75, 3.05) is 30.5 Å². The highest BCUT2D eigenvalue weighted by molar-refractivity contribution is 7.99. The highest BCUT2D eigenvalue weighted by Gasteiger charge is 2.32. The lowest BCUT2D eigenvalue weighted by Gasteiger charge is -2.33. The lowest BCUT2D eigenvalue weighted by atomic mass is 10.2. The predicted octanol–water partition coefficient (Wildman–Crippen LogP) is 1.12. The van der Waals surface area contributed by atoms with E-state index in [0.717, 1.165) is 5.75 Å². The zero-order valence-electron chi connectivity index (χ0n) is 9.28. The van der Waals surface area contributed by atoms with Gasteiger partial charge in [-0.1, -0.05) is 0 Å². The molecule has 6 heteroatoms. The second-order valence-corrected chi connectivity index (χ2v) is 4.90. The summed E-state index contributed by atoms with van der Waals surface area (Å²) >= 11 is 7.20. The van der Waals surface area contributed by atoms with Gasteiger partial charge in [0.25, 0.3) is 0 Å². The van der Waals surface area contributed by atoms with Crippen LogP contribution >= 0.6 is 23.4 Å². The summed E-state index contributed by atoms with van der Waals surface area (Å²) < 4.78 is 4.96. The molecule has 1 saturated heterocycles. The molecule has 0 spiro atoms. The fourth-order valence-corrected chi connectivity index (χ4v) is 2.75. The molecule has 0 aromatic rings. The van der Waals surface area contributed by atoms with E-state index in [4.69, 9.17) is 16.3 Å². The number of hydrogen-bond acceptors (Lipinski definition) is 4. The minimum Gasteiger partial charge on any atom is -0.464 e. The molecule has 1 atom stereocenters. The zero-order chi connectivity index (χ0) is 12.0. The average molecular weight is 266 g/mol. The Labute approximate surface area is 105 Å². The van der Waals surface area contributed by atoms with Crippen LogP contribution in [0.5, 0.6) is 0 Å². The second kappa shape index (κ2) is 7.01. The molecule has 0 N–H and O–H groups in total. The van der Waals surface area contributed by atoms with Gasteiger partial charge in [0.05, 0.1) is 6.61 Å². The summed E-state index contributed by atoms with van der Waals surface area (Å²) in [7, 11) is 0. The van der Waals surface area contributed by atoms with Gasteiger partial charge < -0.3 is 9.64 Å². The van der Waals surface area contributed by atoms with E-state index in [-0.39, 0.29) is 24.2 Å². The Morgan fingerprint density at radius 2 is 2.31 bits per heavy atom. The van der Waals surface area contributed by atoms with Crippen LogP contribution in [-0.2, 0) is 14.3 Å². The maximum atomic E-state index is 11.7. The van der Waals surface area contributed by atoms with Crippen molar-refractivity contribution in [3.8, 4) is 0 Å². The number of halogens is 1. The van der Waals surface area contributed by atoms with Crippen molar-refractivity contribution in [1.29, 1.82) is 0 Å². The van der Waals surface area contributed by atoms with Gasteiger partial charge in [-0.25, -0.2) is 4.79 Å². The molecule has 0 aliphatic carbocycles. The summed E-state index contributed by atoms with van der Waals surface area (Å²) in [5.41, 5.74) is 0. The summed E-state index contributed by atoms with van der Waals surface area (Å²) in [6.07, 6.45) is 0.280. The van der Waals surface area contributed by atoms with Crippen LogP contribution in [0.3, 0.4) is 0 Å². The van der Waals surface area contributed by atoms with Gasteiger partial charge in [-0.05, 0) is 6.92 Å². The van der Waals surface area contributed by atoms with Gasteiger partial charge in [0, 0.05) is 30.4 Å². The molecule has 1 heterocycles. The van der Waals surface area contributed by atoms with Crippen LogP contribution in [0.15, 0.2) is 0 Å². The quantitative estimate of drug-likeness (QED) is 0.565. The van der Waals surface area contributed by atoms with Crippen LogP contribution in [0.1, 0.15) is 13.3 Å². The third-order valence-corrected chi connectivity index (χ3v) is 3.53. The van der Waals surface area contributed by atoms with Crippen LogP contribution in [0.4, 0.5) is 0 Å². The molecule has 1 rings (SSSR count). The molecule has 1 aliphatic rings. The van der Waals surface area contributed by atoms with Crippen LogP contribution in [0, 0.1) is 0 Å². The number of carbonyl (C=O) groups excluding carboxylic acids is 2. The minimum atomic E-state index is -0.436. The molecule has 0 aromatic carbocycles. The Kier molecular flexibility index (Phi) is 5.98. The monoisotopic (exact) mass is 265 g/mol. The lowest BCUT2D eigenvalue weighted by molar-refractivity contribution is -0.153. The Balaban J connectivity index is 2.63. The molecule has 1 amide bonds. The molecule has 92 valence electrons. The molecule has 4 nitrogen and oxygen atoms in total. The summed E-state index contributed by atoms with van der Waals surface area (Å²) in [6, 6.07) is -0.436. The first-order chi connectivity index (χ1) is 7.70. The number of ether oxygens (including phenoxy) is 1. The maximum Gasteiger partial charge on any atom is 0.329 e. The SMILES string of the molecule is CCOC(=O)C1CSCCN1C(=O)CCCl. The largest absolute Gasteiger partial charge is 0.464 e. The Bertz CT molecular complexity index is 236. The topological polar surface area (TPSA) is 46.6 Å². The number of amides is 1. The maximum absolute atomic E-state index is 11.7.